The van der Waals surface area contributed by atoms with Crippen molar-refractivity contribution in [2.75, 3.05) is 7.11 Å². The number of rotatable bonds is 5. The maximum absolute atomic E-state index is 12.8. The van der Waals surface area contributed by atoms with E-state index in [0.29, 0.717) is 18.8 Å². The zero-order chi connectivity index (χ0) is 23.5. The van der Waals surface area contributed by atoms with Crippen LogP contribution in [0.1, 0.15) is 98.8 Å². The Hall–Kier alpha value is -1.16. The van der Waals surface area contributed by atoms with Crippen LogP contribution in [0.5, 0.6) is 0 Å². The number of fused-ring (bicyclic) bond motifs is 4. The number of carbonyl (C=O) groups is 2. The van der Waals surface area contributed by atoms with Crippen LogP contribution in [0.2, 0.25) is 0 Å². The van der Waals surface area contributed by atoms with E-state index in [-0.39, 0.29) is 45.6 Å². The van der Waals surface area contributed by atoms with E-state index >= 15 is 0 Å². The Balaban J connectivity index is 1.73. The van der Waals surface area contributed by atoms with E-state index in [1.54, 1.807) is 11.1 Å². The summed E-state index contributed by atoms with van der Waals surface area (Å²) in [5.41, 5.74) is 3.66. The van der Waals surface area contributed by atoms with Crippen molar-refractivity contribution in [3.05, 3.63) is 11.1 Å². The Kier molecular flexibility index (Phi) is 5.96. The van der Waals surface area contributed by atoms with Crippen molar-refractivity contribution in [1.29, 1.82) is 0 Å². The van der Waals surface area contributed by atoms with Gasteiger partial charge in [-0.1, -0.05) is 45.8 Å². The molecule has 32 heavy (non-hydrogen) atoms. The van der Waals surface area contributed by atoms with Gasteiger partial charge in [-0.05, 0) is 91.3 Å². The van der Waals surface area contributed by atoms with Crippen molar-refractivity contribution in [2.24, 2.45) is 39.4 Å². The van der Waals surface area contributed by atoms with Crippen molar-refractivity contribution in [3.63, 3.8) is 0 Å². The molecule has 0 bridgehead atoms. The molecular weight excluding hydrogens is 400 g/mol. The number of aldehydes is 1. The molecule has 1 N–H and O–H groups in total. The highest BCUT2D eigenvalue weighted by atomic mass is 16.5. The summed E-state index contributed by atoms with van der Waals surface area (Å²) < 4.78 is 5.22. The number of carbonyl (C=O) groups excluding carboxylic acids is 2. The minimum absolute atomic E-state index is 0.0454. The number of ether oxygens (including phenoxy) is 1. The van der Waals surface area contributed by atoms with E-state index in [2.05, 4.69) is 34.6 Å². The van der Waals surface area contributed by atoms with Crippen LogP contribution in [0.3, 0.4) is 0 Å². The molecule has 0 saturated heterocycles. The van der Waals surface area contributed by atoms with Crippen LogP contribution in [0.4, 0.5) is 0 Å². The second kappa shape index (κ2) is 7.96. The summed E-state index contributed by atoms with van der Waals surface area (Å²) in [4.78, 5) is 23.9. The van der Waals surface area contributed by atoms with Gasteiger partial charge in [0.25, 0.3) is 0 Å². The van der Waals surface area contributed by atoms with Crippen molar-refractivity contribution in [1.82, 2.24) is 0 Å². The largest absolute Gasteiger partial charge is 0.469 e. The molecule has 0 aromatic heterocycles. The quantitative estimate of drug-likeness (QED) is 0.327. The zero-order valence-corrected chi connectivity index (χ0v) is 21.1. The van der Waals surface area contributed by atoms with Gasteiger partial charge >= 0.3 is 5.97 Å². The summed E-state index contributed by atoms with van der Waals surface area (Å²) >= 11 is 0. The molecule has 4 aliphatic rings. The molecule has 0 aromatic rings. The van der Waals surface area contributed by atoms with Gasteiger partial charge < -0.3 is 14.6 Å². The fourth-order valence-corrected chi connectivity index (χ4v) is 9.24. The number of aliphatic hydroxyl groups excluding tert-OH is 1. The molecule has 0 radical (unpaired) electrons. The minimum Gasteiger partial charge on any atom is -0.469 e. The molecule has 0 aliphatic heterocycles. The SMILES string of the molecule is COC(=O)[C@@H](CCC=O)[C@@H]1CC[C@]2(C)C3=C(CC[C@@]12C)[C@@]1(C)CC[C@@H](O)C(C)(C)[C@@H]1CC3. The maximum Gasteiger partial charge on any atom is 0.308 e. The highest BCUT2D eigenvalue weighted by molar-refractivity contribution is 5.73. The van der Waals surface area contributed by atoms with Crippen molar-refractivity contribution in [2.45, 2.75) is 105 Å². The molecule has 180 valence electrons. The van der Waals surface area contributed by atoms with Crippen LogP contribution in [-0.2, 0) is 14.3 Å². The third-order valence-electron chi connectivity index (χ3n) is 11.4. The summed E-state index contributed by atoms with van der Waals surface area (Å²) in [6, 6.07) is 0. The number of aliphatic hydroxyl groups is 1. The monoisotopic (exact) mass is 444 g/mol. The fourth-order valence-electron chi connectivity index (χ4n) is 9.24. The normalized spacial score (nSPS) is 43.7. The van der Waals surface area contributed by atoms with Crippen LogP contribution < -0.4 is 0 Å². The molecule has 7 atom stereocenters. The first-order valence-electron chi connectivity index (χ1n) is 12.9. The number of hydrogen-bond donors (Lipinski definition) is 1. The Morgan fingerprint density at radius 3 is 2.44 bits per heavy atom. The molecule has 4 heteroatoms. The van der Waals surface area contributed by atoms with E-state index in [1.165, 1.54) is 7.11 Å². The Morgan fingerprint density at radius 1 is 1.06 bits per heavy atom. The Morgan fingerprint density at radius 2 is 1.78 bits per heavy atom. The van der Waals surface area contributed by atoms with Gasteiger partial charge in [-0.3, -0.25) is 4.79 Å². The number of allylic oxidation sites excluding steroid dienone is 2. The van der Waals surface area contributed by atoms with Crippen LogP contribution >= 0.6 is 0 Å². The van der Waals surface area contributed by atoms with Crippen molar-refractivity contribution in [3.8, 4) is 0 Å². The molecule has 2 saturated carbocycles. The smallest absolute Gasteiger partial charge is 0.308 e. The summed E-state index contributed by atoms with van der Waals surface area (Å²) in [7, 11) is 1.48. The molecule has 4 nitrogen and oxygen atoms in total. The summed E-state index contributed by atoms with van der Waals surface area (Å²) in [6.07, 6.45) is 10.4. The summed E-state index contributed by atoms with van der Waals surface area (Å²) in [5, 5.41) is 10.8. The van der Waals surface area contributed by atoms with Gasteiger partial charge in [0.2, 0.25) is 0 Å². The van der Waals surface area contributed by atoms with E-state index in [0.717, 1.165) is 57.7 Å². The standard InChI is InChI=1S/C28H44O4/c1-25(2)22-10-9-21-20(26(22,3)14-13-23(25)30)12-16-27(4)19(11-15-28(21,27)5)18(8-7-17-29)24(31)32-6/h17-19,22-23,30H,7-16H2,1-6H3/t18-,19-,22-,23+,26+,27-,28+/m0/s1. The molecule has 2 fully saturated rings. The van der Waals surface area contributed by atoms with Crippen LogP contribution in [0.15, 0.2) is 11.1 Å². The minimum atomic E-state index is -0.207. The first-order chi connectivity index (χ1) is 15.0. The molecule has 4 aliphatic carbocycles. The van der Waals surface area contributed by atoms with Gasteiger partial charge in [0.05, 0.1) is 19.1 Å². The van der Waals surface area contributed by atoms with Crippen molar-refractivity contribution < 1.29 is 19.4 Å². The second-order valence-electron chi connectivity index (χ2n) is 12.6. The highest BCUT2D eigenvalue weighted by Gasteiger charge is 2.64. The molecule has 0 heterocycles. The Bertz CT molecular complexity index is 812. The predicted molar refractivity (Wildman–Crippen MR) is 126 cm³/mol. The molecule has 0 amide bonds. The molecule has 0 spiro atoms. The van der Waals surface area contributed by atoms with Gasteiger partial charge in [-0.2, -0.15) is 0 Å². The van der Waals surface area contributed by atoms with Gasteiger partial charge in [0.15, 0.2) is 0 Å². The molecule has 0 unspecified atom stereocenters. The highest BCUT2D eigenvalue weighted by Crippen LogP contribution is 2.72. The van der Waals surface area contributed by atoms with Crippen LogP contribution in [0, 0.1) is 39.4 Å². The van der Waals surface area contributed by atoms with E-state index < -0.39 is 0 Å². The number of esters is 1. The lowest BCUT2D eigenvalue weighted by molar-refractivity contribution is -0.150. The molecule has 0 aromatic carbocycles. The topological polar surface area (TPSA) is 63.6 Å². The summed E-state index contributed by atoms with van der Waals surface area (Å²) in [6.45, 7) is 11.9. The lowest BCUT2D eigenvalue weighted by atomic mass is 9.43. The first kappa shape index (κ1) is 24.0. The molecule has 4 rings (SSSR count). The lowest BCUT2D eigenvalue weighted by Crippen LogP contribution is -2.55. The third kappa shape index (κ3) is 3.11. The maximum atomic E-state index is 12.8. The molecular formula is C28H44O4. The lowest BCUT2D eigenvalue weighted by Gasteiger charge is -2.62. The van der Waals surface area contributed by atoms with E-state index in [9.17, 15) is 14.7 Å². The summed E-state index contributed by atoms with van der Waals surface area (Å²) in [5.74, 6) is 0.470. The average Bonchev–Trinajstić information content (AvgIpc) is 3.03. The van der Waals surface area contributed by atoms with Crippen molar-refractivity contribution >= 4 is 12.3 Å². The second-order valence-corrected chi connectivity index (χ2v) is 12.6. The Labute approximate surface area is 194 Å². The van der Waals surface area contributed by atoms with Gasteiger partial charge in [-0.25, -0.2) is 0 Å². The predicted octanol–water partition coefficient (Wildman–Crippen LogP) is 5.86. The van der Waals surface area contributed by atoms with E-state index in [4.69, 9.17) is 4.74 Å². The van der Waals surface area contributed by atoms with Crippen LogP contribution in [-0.4, -0.2) is 30.6 Å². The first-order valence-corrected chi connectivity index (χ1v) is 12.9. The number of methoxy groups -OCH3 is 1. The number of hydrogen-bond acceptors (Lipinski definition) is 4. The van der Waals surface area contributed by atoms with Crippen LogP contribution in [0.25, 0.3) is 0 Å². The van der Waals surface area contributed by atoms with Gasteiger partial charge in [-0.15, -0.1) is 0 Å². The average molecular weight is 445 g/mol. The zero-order valence-electron chi connectivity index (χ0n) is 21.1. The third-order valence-corrected chi connectivity index (χ3v) is 11.4. The fraction of sp³-hybridized carbons (Fsp3) is 0.857. The van der Waals surface area contributed by atoms with Gasteiger partial charge in [0.1, 0.15) is 6.29 Å². The van der Waals surface area contributed by atoms with Gasteiger partial charge in [0, 0.05) is 6.42 Å². The van der Waals surface area contributed by atoms with E-state index in [1.807, 2.05) is 0 Å².